The predicted octanol–water partition coefficient (Wildman–Crippen LogP) is 3.52. The number of nitrogens with one attached hydrogen (secondary N) is 1. The average molecular weight is 177 g/mol. The monoisotopic (exact) mass is 177 g/mol. The molecule has 0 aliphatic rings. The van der Waals surface area contributed by atoms with Gasteiger partial charge < -0.3 is 5.32 Å². The van der Waals surface area contributed by atoms with Gasteiger partial charge in [-0.25, -0.2) is 0 Å². The summed E-state index contributed by atoms with van der Waals surface area (Å²) < 4.78 is 0. The van der Waals surface area contributed by atoms with Crippen molar-refractivity contribution in [3.05, 3.63) is 29.3 Å². The van der Waals surface area contributed by atoms with E-state index in [4.69, 9.17) is 0 Å². The Morgan fingerprint density at radius 2 is 1.77 bits per heavy atom. The van der Waals surface area contributed by atoms with Crippen molar-refractivity contribution in [3.8, 4) is 0 Å². The van der Waals surface area contributed by atoms with E-state index in [1.807, 2.05) is 0 Å². The lowest BCUT2D eigenvalue weighted by atomic mass is 10.1. The first-order valence-electron chi connectivity index (χ1n) is 5.05. The lowest BCUT2D eigenvalue weighted by Gasteiger charge is -2.11. The first-order chi connectivity index (χ1) is 6.25. The normalized spacial score (nSPS) is 10.1. The summed E-state index contributed by atoms with van der Waals surface area (Å²) in [4.78, 5) is 0. The molecule has 72 valence electrons. The molecule has 0 radical (unpaired) electrons. The summed E-state index contributed by atoms with van der Waals surface area (Å²) in [7, 11) is 0. The van der Waals surface area contributed by atoms with E-state index in [1.165, 1.54) is 29.7 Å². The summed E-state index contributed by atoms with van der Waals surface area (Å²) in [5.74, 6) is 0. The zero-order chi connectivity index (χ0) is 9.68. The standard InChI is InChI=1S/C12H19N/c1-4-5-9-13-12-10(2)7-6-8-11(12)3/h6-8,13H,4-5,9H2,1-3H3. The van der Waals surface area contributed by atoms with Gasteiger partial charge in [-0.2, -0.15) is 0 Å². The summed E-state index contributed by atoms with van der Waals surface area (Å²) >= 11 is 0. The molecule has 0 aliphatic carbocycles. The van der Waals surface area contributed by atoms with E-state index in [2.05, 4.69) is 44.3 Å². The van der Waals surface area contributed by atoms with E-state index in [1.54, 1.807) is 0 Å². The van der Waals surface area contributed by atoms with Crippen LogP contribution >= 0.6 is 0 Å². The van der Waals surface area contributed by atoms with Gasteiger partial charge in [0.25, 0.3) is 0 Å². The van der Waals surface area contributed by atoms with Gasteiger partial charge in [-0.3, -0.25) is 0 Å². The summed E-state index contributed by atoms with van der Waals surface area (Å²) in [6, 6.07) is 6.41. The molecule has 1 rings (SSSR count). The zero-order valence-corrected chi connectivity index (χ0v) is 8.85. The van der Waals surface area contributed by atoms with Crippen LogP contribution in [0.25, 0.3) is 0 Å². The van der Waals surface area contributed by atoms with Crippen molar-refractivity contribution >= 4 is 5.69 Å². The summed E-state index contributed by atoms with van der Waals surface area (Å²) in [6.45, 7) is 7.61. The van der Waals surface area contributed by atoms with Crippen LogP contribution in [0.2, 0.25) is 0 Å². The first-order valence-corrected chi connectivity index (χ1v) is 5.05. The molecule has 1 heteroatoms. The molecule has 0 aliphatic heterocycles. The highest BCUT2D eigenvalue weighted by Crippen LogP contribution is 2.19. The van der Waals surface area contributed by atoms with Gasteiger partial charge in [-0.05, 0) is 31.4 Å². The highest BCUT2D eigenvalue weighted by atomic mass is 14.9. The van der Waals surface area contributed by atoms with Crippen LogP contribution in [0, 0.1) is 13.8 Å². The molecule has 0 saturated carbocycles. The van der Waals surface area contributed by atoms with Crippen molar-refractivity contribution in [2.45, 2.75) is 33.6 Å². The van der Waals surface area contributed by atoms with Gasteiger partial charge in [0.05, 0.1) is 0 Å². The van der Waals surface area contributed by atoms with E-state index in [0.29, 0.717) is 0 Å². The maximum Gasteiger partial charge on any atom is 0.0399 e. The number of para-hydroxylation sites is 1. The molecule has 0 spiro atoms. The minimum absolute atomic E-state index is 1.09. The third kappa shape index (κ3) is 2.76. The van der Waals surface area contributed by atoms with Crippen LogP contribution in [0.15, 0.2) is 18.2 Å². The van der Waals surface area contributed by atoms with Crippen molar-refractivity contribution in [1.29, 1.82) is 0 Å². The van der Waals surface area contributed by atoms with Gasteiger partial charge in [0.2, 0.25) is 0 Å². The smallest absolute Gasteiger partial charge is 0.0399 e. The van der Waals surface area contributed by atoms with Crippen LogP contribution in [0.1, 0.15) is 30.9 Å². The molecule has 0 bridgehead atoms. The van der Waals surface area contributed by atoms with Gasteiger partial charge in [0.15, 0.2) is 0 Å². The maximum atomic E-state index is 3.48. The molecule has 0 atom stereocenters. The topological polar surface area (TPSA) is 12.0 Å². The number of benzene rings is 1. The molecule has 1 aromatic rings. The summed E-state index contributed by atoms with van der Waals surface area (Å²) in [6.07, 6.45) is 2.49. The van der Waals surface area contributed by atoms with Crippen LogP contribution < -0.4 is 5.32 Å². The molecule has 0 saturated heterocycles. The van der Waals surface area contributed by atoms with Gasteiger partial charge in [0.1, 0.15) is 0 Å². The SMILES string of the molecule is CCCCNc1c(C)cccc1C. The molecule has 0 heterocycles. The molecule has 0 aromatic heterocycles. The summed E-state index contributed by atoms with van der Waals surface area (Å²) in [5, 5.41) is 3.48. The molecule has 1 aromatic carbocycles. The predicted molar refractivity (Wildman–Crippen MR) is 59.3 cm³/mol. The second-order valence-corrected chi connectivity index (χ2v) is 3.55. The zero-order valence-electron chi connectivity index (χ0n) is 8.85. The minimum Gasteiger partial charge on any atom is -0.385 e. The average Bonchev–Trinajstić information content (AvgIpc) is 2.10. The summed E-state index contributed by atoms with van der Waals surface area (Å²) in [5.41, 5.74) is 4.00. The Balaban J connectivity index is 2.64. The van der Waals surface area contributed by atoms with Gasteiger partial charge in [-0.15, -0.1) is 0 Å². The Bertz CT molecular complexity index is 246. The molecule has 0 fully saturated rings. The molecule has 0 amide bonds. The Morgan fingerprint density at radius 1 is 1.15 bits per heavy atom. The fraction of sp³-hybridized carbons (Fsp3) is 0.500. The highest BCUT2D eigenvalue weighted by Gasteiger charge is 1.99. The van der Waals surface area contributed by atoms with E-state index in [-0.39, 0.29) is 0 Å². The first kappa shape index (κ1) is 10.1. The van der Waals surface area contributed by atoms with Gasteiger partial charge in [-0.1, -0.05) is 31.5 Å². The van der Waals surface area contributed by atoms with Crippen molar-refractivity contribution in [3.63, 3.8) is 0 Å². The number of hydrogen-bond donors (Lipinski definition) is 1. The van der Waals surface area contributed by atoms with Crippen molar-refractivity contribution in [2.24, 2.45) is 0 Å². The van der Waals surface area contributed by atoms with Crippen molar-refractivity contribution in [2.75, 3.05) is 11.9 Å². The Labute approximate surface area is 81.2 Å². The second-order valence-electron chi connectivity index (χ2n) is 3.55. The molecule has 13 heavy (non-hydrogen) atoms. The van der Waals surface area contributed by atoms with Crippen LogP contribution in [-0.2, 0) is 0 Å². The number of unbranched alkanes of at least 4 members (excludes halogenated alkanes) is 1. The molecular formula is C12H19N. The van der Waals surface area contributed by atoms with Crippen molar-refractivity contribution < 1.29 is 0 Å². The Kier molecular flexibility index (Phi) is 3.81. The third-order valence-electron chi connectivity index (χ3n) is 2.31. The maximum absolute atomic E-state index is 3.48. The molecule has 1 N–H and O–H groups in total. The largest absolute Gasteiger partial charge is 0.385 e. The van der Waals surface area contributed by atoms with E-state index in [9.17, 15) is 0 Å². The Hall–Kier alpha value is -0.980. The van der Waals surface area contributed by atoms with E-state index >= 15 is 0 Å². The highest BCUT2D eigenvalue weighted by molar-refractivity contribution is 5.56. The van der Waals surface area contributed by atoms with Crippen LogP contribution in [-0.4, -0.2) is 6.54 Å². The van der Waals surface area contributed by atoms with Crippen LogP contribution in [0.5, 0.6) is 0 Å². The quantitative estimate of drug-likeness (QED) is 0.694. The molecule has 0 unspecified atom stereocenters. The fourth-order valence-corrected chi connectivity index (χ4v) is 1.48. The minimum atomic E-state index is 1.09. The van der Waals surface area contributed by atoms with Crippen molar-refractivity contribution in [1.82, 2.24) is 0 Å². The lowest BCUT2D eigenvalue weighted by molar-refractivity contribution is 0.833. The number of anilines is 1. The van der Waals surface area contributed by atoms with Crippen LogP contribution in [0.4, 0.5) is 5.69 Å². The van der Waals surface area contributed by atoms with Gasteiger partial charge in [0, 0.05) is 12.2 Å². The number of aryl methyl sites for hydroxylation is 2. The Morgan fingerprint density at radius 3 is 2.31 bits per heavy atom. The van der Waals surface area contributed by atoms with E-state index in [0.717, 1.165) is 6.54 Å². The van der Waals surface area contributed by atoms with Crippen LogP contribution in [0.3, 0.4) is 0 Å². The third-order valence-corrected chi connectivity index (χ3v) is 2.31. The van der Waals surface area contributed by atoms with E-state index < -0.39 is 0 Å². The molecular weight excluding hydrogens is 158 g/mol. The number of hydrogen-bond acceptors (Lipinski definition) is 1. The second kappa shape index (κ2) is 4.90. The van der Waals surface area contributed by atoms with Gasteiger partial charge >= 0.3 is 0 Å². The fourth-order valence-electron chi connectivity index (χ4n) is 1.48. The lowest BCUT2D eigenvalue weighted by Crippen LogP contribution is -2.03. The number of rotatable bonds is 4. The molecule has 1 nitrogen and oxygen atoms in total.